The Morgan fingerprint density at radius 2 is 1.10 bits per heavy atom. The molecule has 0 saturated carbocycles. The van der Waals surface area contributed by atoms with Gasteiger partial charge in [-0.25, -0.2) is 4.98 Å². The first-order chi connectivity index (χ1) is 51.8. The van der Waals surface area contributed by atoms with Crippen molar-refractivity contribution in [1.82, 2.24) is 82.4 Å². The number of benzene rings is 3. The molecule has 0 bridgehead atoms. The van der Waals surface area contributed by atoms with Gasteiger partial charge < -0.3 is 84.6 Å². The van der Waals surface area contributed by atoms with Gasteiger partial charge in [0.2, 0.25) is 59.1 Å². The van der Waals surface area contributed by atoms with E-state index < -0.39 is 132 Å². The van der Waals surface area contributed by atoms with Crippen molar-refractivity contribution in [2.75, 3.05) is 97.1 Å². The van der Waals surface area contributed by atoms with E-state index in [-0.39, 0.29) is 141 Å². The van der Waals surface area contributed by atoms with Crippen molar-refractivity contribution in [3.63, 3.8) is 0 Å². The lowest BCUT2D eigenvalue weighted by molar-refractivity contribution is -0.140. The van der Waals surface area contributed by atoms with E-state index in [1.54, 1.807) is 106 Å². The van der Waals surface area contributed by atoms with E-state index >= 15 is 0 Å². The van der Waals surface area contributed by atoms with Crippen molar-refractivity contribution in [1.29, 1.82) is 0 Å². The predicted molar refractivity (Wildman–Crippen MR) is 403 cm³/mol. The Labute approximate surface area is 635 Å². The van der Waals surface area contributed by atoms with Gasteiger partial charge in [0.25, 0.3) is 5.91 Å². The molecular weight excluding hydrogens is 1430 g/mol. The van der Waals surface area contributed by atoms with E-state index in [4.69, 9.17) is 11.5 Å². The Kier molecular flexibility index (Phi) is 35.0. The summed E-state index contributed by atoms with van der Waals surface area (Å²) < 4.78 is 0. The molecule has 3 heterocycles. The van der Waals surface area contributed by atoms with Gasteiger partial charge in [-0.3, -0.25) is 86.7 Å². The van der Waals surface area contributed by atoms with Crippen molar-refractivity contribution >= 4 is 106 Å². The average molecular weight is 1540 g/mol. The molecular formula is C73H102N18O17S. The number of nitrogens with two attached hydrogens (primary N) is 2. The van der Waals surface area contributed by atoms with Gasteiger partial charge in [-0.2, -0.15) is 11.8 Å². The molecule has 1 aliphatic rings. The van der Waals surface area contributed by atoms with Crippen LogP contribution in [-0.4, -0.2) is 272 Å². The highest BCUT2D eigenvalue weighted by atomic mass is 32.2. The molecule has 3 aromatic carbocycles. The van der Waals surface area contributed by atoms with Crippen molar-refractivity contribution in [3.8, 4) is 11.1 Å². The van der Waals surface area contributed by atoms with Crippen LogP contribution in [0.4, 0.5) is 0 Å². The summed E-state index contributed by atoms with van der Waals surface area (Å²) in [5, 5.41) is 53.4. The summed E-state index contributed by atoms with van der Waals surface area (Å²) in [6, 6.07) is 11.8. The highest BCUT2D eigenvalue weighted by Gasteiger charge is 2.35. The van der Waals surface area contributed by atoms with Gasteiger partial charge in [-0.05, 0) is 90.5 Å². The normalized spacial score (nSPS) is 15.4. The molecule has 2 aromatic heterocycles. The first kappa shape index (κ1) is 87.1. The van der Waals surface area contributed by atoms with Crippen LogP contribution < -0.4 is 59.3 Å². The second-order valence-corrected chi connectivity index (χ2v) is 28.5. The Hall–Kier alpha value is -10.8. The molecule has 36 heteroatoms. The number of carboxylic acid groups (broad SMARTS) is 3. The Bertz CT molecular complexity index is 3920. The average Bonchev–Trinajstić information content (AvgIpc) is 1.75. The van der Waals surface area contributed by atoms with Crippen LogP contribution in [0.3, 0.4) is 0 Å². The first-order valence-electron chi connectivity index (χ1n) is 35.8. The fourth-order valence-electron chi connectivity index (χ4n) is 12.0. The number of para-hydroxylation sites is 1. The summed E-state index contributed by atoms with van der Waals surface area (Å²) >= 11 is 1.46. The smallest absolute Gasteiger partial charge is 0.317 e. The molecule has 0 radical (unpaired) electrons. The fraction of sp³-hybridized carbons (Fsp3) is 0.493. The van der Waals surface area contributed by atoms with Crippen LogP contribution in [0.1, 0.15) is 87.5 Å². The summed E-state index contributed by atoms with van der Waals surface area (Å²) in [6.45, 7) is 8.55. The second-order valence-electron chi connectivity index (χ2n) is 27.5. The number of aromatic nitrogens is 3. The Balaban J connectivity index is 1.09. The number of hydrogen-bond donors (Lipinski definition) is 16. The van der Waals surface area contributed by atoms with Gasteiger partial charge in [0.1, 0.15) is 42.3 Å². The second kappa shape index (κ2) is 43.9. The third-order valence-electron chi connectivity index (χ3n) is 18.0. The monoisotopic (exact) mass is 1530 g/mol. The van der Waals surface area contributed by atoms with Gasteiger partial charge in [-0.1, -0.05) is 82.3 Å². The van der Waals surface area contributed by atoms with Gasteiger partial charge >= 0.3 is 17.9 Å². The molecule has 0 aliphatic carbocycles. The fourth-order valence-corrected chi connectivity index (χ4v) is 12.5. The predicted octanol–water partition coefficient (Wildman–Crippen LogP) is -1.52. The molecule has 592 valence electrons. The lowest BCUT2D eigenvalue weighted by Crippen LogP contribution is -2.59. The number of aliphatic carboxylic acids is 3. The number of H-pyrrole nitrogens is 2. The number of imidazole rings is 1. The largest absolute Gasteiger partial charge is 0.480 e. The van der Waals surface area contributed by atoms with E-state index in [0.29, 0.717) is 44.6 Å². The SMILES string of the molecule is CSCC[C@H](NC(=O)[C@H](CC(C)C)NC(=O)[C@H](Cc1cnc[nH]1)NC(=O)CNC(=O)[C@@H](NC(=O)[C@H](C)NC(=O)[C@H](Cc1c[nH]c2ccccc12)NC(=O)[C@H](CCC(N)=O)NC(=O)c1cccc(-c2ccc(CNC(=O)CN3CCN(CC(=O)O)CCN(CC(=O)O)CCN(CC(=O)O)CC3)cc2)c1)C(C)C)C(N)=O. The maximum atomic E-state index is 14.6. The number of primary amides is 2. The standard InChI is InChI=1S/C73H102N18O17S/c1-43(2)30-56(71(106)83-54(66(75)101)20-29-109-6)85-72(107)58(33-51-36-76-42-80-51)82-60(93)37-79-73(108)65(44(3)4)87-67(102)45(5)81-70(105)57(32-50-35-77-53-13-8-7-12-52(50)53)86-69(104)55(18-19-59(74)92)84-68(103)49-11-9-10-48(31-49)47-16-14-46(15-17-47)34-78-61(94)38-88-21-23-89(39-62(95)96)25-27-91(41-64(99)100)28-26-90(24-22-88)40-63(97)98/h7-17,31,35-36,42-45,54-58,65,77H,18-30,32-34,37-41H2,1-6H3,(H2,74,92)(H2,75,101)(H,76,80)(H,78,94)(H,79,108)(H,81,105)(H,82,93)(H,83,106)(H,84,103)(H,85,107)(H,86,104)(H,87,102)(H,95,96)(H,97,98)(H,99,100)/t45-,54-,55-,56-,57-,58-,65-/m0/s1. The van der Waals surface area contributed by atoms with E-state index in [1.165, 1.54) is 37.3 Å². The zero-order valence-electron chi connectivity index (χ0n) is 62.1. The zero-order valence-corrected chi connectivity index (χ0v) is 62.9. The molecule has 0 spiro atoms. The maximum absolute atomic E-state index is 14.6. The van der Waals surface area contributed by atoms with E-state index in [1.807, 2.05) is 20.1 Å². The number of nitrogens with one attached hydrogen (secondary N) is 11. The molecule has 1 saturated heterocycles. The van der Waals surface area contributed by atoms with Crippen molar-refractivity contribution in [2.24, 2.45) is 23.3 Å². The minimum atomic E-state index is -1.45. The number of carboxylic acids is 3. The Morgan fingerprint density at radius 1 is 0.541 bits per heavy atom. The highest BCUT2D eigenvalue weighted by molar-refractivity contribution is 7.98. The van der Waals surface area contributed by atoms with Crippen LogP contribution in [0.15, 0.2) is 91.5 Å². The van der Waals surface area contributed by atoms with Crippen LogP contribution in [0.25, 0.3) is 22.0 Å². The molecule has 35 nitrogen and oxygen atoms in total. The third kappa shape index (κ3) is 30.0. The van der Waals surface area contributed by atoms with Crippen LogP contribution in [-0.2, 0) is 81.7 Å². The molecule has 18 N–H and O–H groups in total. The van der Waals surface area contributed by atoms with Crippen molar-refractivity contribution in [3.05, 3.63) is 114 Å². The minimum Gasteiger partial charge on any atom is -0.480 e. The number of amides is 11. The highest BCUT2D eigenvalue weighted by Crippen LogP contribution is 2.23. The summed E-state index contributed by atoms with van der Waals surface area (Å²) in [4.78, 5) is 202. The third-order valence-corrected chi connectivity index (χ3v) is 18.6. The number of nitrogens with zero attached hydrogens (tertiary/aromatic N) is 5. The lowest BCUT2D eigenvalue weighted by Gasteiger charge is -2.32. The lowest BCUT2D eigenvalue weighted by atomic mass is 10.0. The molecule has 0 unspecified atom stereocenters. The molecule has 11 amide bonds. The van der Waals surface area contributed by atoms with Crippen LogP contribution in [0.2, 0.25) is 0 Å². The Morgan fingerprint density at radius 3 is 1.66 bits per heavy atom. The summed E-state index contributed by atoms with van der Waals surface area (Å²) in [6.07, 6.45) is 5.78. The number of carbonyl (C=O) groups excluding carboxylic acids is 11. The van der Waals surface area contributed by atoms with Crippen molar-refractivity contribution < 1.29 is 82.4 Å². The van der Waals surface area contributed by atoms with Crippen LogP contribution in [0, 0.1) is 11.8 Å². The van der Waals surface area contributed by atoms with Crippen molar-refractivity contribution in [2.45, 2.75) is 122 Å². The number of rotatable bonds is 41. The maximum Gasteiger partial charge on any atom is 0.317 e. The number of carbonyl (C=O) groups is 14. The first-order valence-corrected chi connectivity index (χ1v) is 37.2. The van der Waals surface area contributed by atoms with E-state index in [9.17, 15) is 82.4 Å². The number of hydrogen-bond acceptors (Lipinski definition) is 20. The van der Waals surface area contributed by atoms with E-state index in [0.717, 1.165) is 0 Å². The van der Waals surface area contributed by atoms with E-state index in [2.05, 4.69) is 62.8 Å². The quantitative estimate of drug-likeness (QED) is 0.0211. The topological polar surface area (TPSA) is 517 Å². The van der Waals surface area contributed by atoms with Gasteiger partial charge in [0.05, 0.1) is 39.1 Å². The van der Waals surface area contributed by atoms with Crippen LogP contribution >= 0.6 is 11.8 Å². The zero-order chi connectivity index (χ0) is 79.9. The van der Waals surface area contributed by atoms with Gasteiger partial charge in [0, 0.05) is 113 Å². The number of thioether (sulfide) groups is 1. The van der Waals surface area contributed by atoms with Gasteiger partial charge in [-0.15, -0.1) is 0 Å². The molecule has 1 aliphatic heterocycles. The molecule has 5 aromatic rings. The molecule has 6 rings (SSSR count). The minimum absolute atomic E-state index is 0.0935. The molecule has 7 atom stereocenters. The molecule has 109 heavy (non-hydrogen) atoms. The summed E-state index contributed by atoms with van der Waals surface area (Å²) in [5.74, 6) is -11.6. The molecule has 1 fully saturated rings. The van der Waals surface area contributed by atoms with Crippen LogP contribution in [0.5, 0.6) is 0 Å². The summed E-state index contributed by atoms with van der Waals surface area (Å²) in [7, 11) is 0. The summed E-state index contributed by atoms with van der Waals surface area (Å²) in [5.41, 5.74) is 15.0. The number of aromatic amines is 2. The number of fused-ring (bicyclic) bond motifs is 1. The van der Waals surface area contributed by atoms with Gasteiger partial charge in [0.15, 0.2) is 0 Å².